The minimum Gasteiger partial charge on any atom is -0.490 e. The average molecular weight is 478 g/mol. The molecule has 0 N–H and O–H groups in total. The number of aryl methyl sites for hydroxylation is 1. The van der Waals surface area contributed by atoms with Gasteiger partial charge in [0.15, 0.2) is 0 Å². The number of amides is 2. The predicted molar refractivity (Wildman–Crippen MR) is 123 cm³/mol. The molecule has 2 aliphatic rings. The van der Waals surface area contributed by atoms with E-state index < -0.39 is 0 Å². The molecule has 0 saturated carbocycles. The molecule has 0 aliphatic carbocycles. The second-order valence-electron chi connectivity index (χ2n) is 8.23. The number of piperidine rings is 1. The van der Waals surface area contributed by atoms with Gasteiger partial charge in [0.1, 0.15) is 11.9 Å². The van der Waals surface area contributed by atoms with Gasteiger partial charge in [-0.2, -0.15) is 0 Å². The van der Waals surface area contributed by atoms with Crippen LogP contribution < -0.4 is 4.74 Å². The van der Waals surface area contributed by atoms with E-state index in [0.717, 1.165) is 10.7 Å². The van der Waals surface area contributed by atoms with E-state index in [1.165, 1.54) is 0 Å². The smallest absolute Gasteiger partial charge is 0.228 e. The van der Waals surface area contributed by atoms with Crippen LogP contribution in [-0.2, 0) is 20.7 Å². The first kappa shape index (κ1) is 23.0. The lowest BCUT2D eigenvalue weighted by atomic mass is 9.90. The minimum absolute atomic E-state index is 0.0420. The summed E-state index contributed by atoms with van der Waals surface area (Å²) in [5.41, 5.74) is 0.802. The van der Waals surface area contributed by atoms with E-state index in [4.69, 9.17) is 21.1 Å². The van der Waals surface area contributed by atoms with Gasteiger partial charge in [0.25, 0.3) is 0 Å². The maximum absolute atomic E-state index is 13.0. The molecule has 3 heterocycles. The molecule has 9 heteroatoms. The Hall–Kier alpha value is -2.16. The van der Waals surface area contributed by atoms with Crippen LogP contribution in [0.3, 0.4) is 0 Å². The Balaban J connectivity index is 1.44. The molecule has 0 radical (unpaired) electrons. The molecule has 2 amide bonds. The third-order valence-electron chi connectivity index (χ3n) is 5.90. The van der Waals surface area contributed by atoms with Crippen molar-refractivity contribution in [2.45, 2.75) is 32.3 Å². The number of benzene rings is 1. The average Bonchev–Trinajstić information content (AvgIpc) is 3.20. The number of hydrogen-bond acceptors (Lipinski definition) is 6. The molecule has 0 bridgehead atoms. The lowest BCUT2D eigenvalue weighted by Gasteiger charge is -2.39. The van der Waals surface area contributed by atoms with Gasteiger partial charge in [-0.25, -0.2) is 4.98 Å². The van der Waals surface area contributed by atoms with Gasteiger partial charge >= 0.3 is 0 Å². The molecule has 7 nitrogen and oxygen atoms in total. The van der Waals surface area contributed by atoms with Crippen molar-refractivity contribution >= 4 is 34.8 Å². The van der Waals surface area contributed by atoms with Crippen molar-refractivity contribution < 1.29 is 19.1 Å². The van der Waals surface area contributed by atoms with Crippen LogP contribution in [0, 0.1) is 12.8 Å². The Kier molecular flexibility index (Phi) is 7.65. The zero-order valence-corrected chi connectivity index (χ0v) is 19.7. The summed E-state index contributed by atoms with van der Waals surface area (Å²) < 4.78 is 11.6. The van der Waals surface area contributed by atoms with Crippen LogP contribution in [0.1, 0.15) is 23.5 Å². The number of morpholine rings is 1. The van der Waals surface area contributed by atoms with Gasteiger partial charge in [-0.15, -0.1) is 11.3 Å². The highest BCUT2D eigenvalue weighted by Gasteiger charge is 2.35. The molecule has 2 atom stereocenters. The fourth-order valence-corrected chi connectivity index (χ4v) is 5.02. The maximum Gasteiger partial charge on any atom is 0.228 e. The molecule has 2 saturated heterocycles. The van der Waals surface area contributed by atoms with Gasteiger partial charge in [-0.3, -0.25) is 9.59 Å². The van der Waals surface area contributed by atoms with Crippen LogP contribution in [0.15, 0.2) is 29.6 Å². The molecule has 0 unspecified atom stereocenters. The number of halogens is 1. The second kappa shape index (κ2) is 10.6. The molecule has 0 spiro atoms. The number of hydrogen-bond donors (Lipinski definition) is 0. The molecule has 2 fully saturated rings. The van der Waals surface area contributed by atoms with Gasteiger partial charge < -0.3 is 19.3 Å². The number of ether oxygens (including phenoxy) is 2. The topological polar surface area (TPSA) is 72.0 Å². The summed E-state index contributed by atoms with van der Waals surface area (Å²) in [4.78, 5) is 34.0. The van der Waals surface area contributed by atoms with Gasteiger partial charge in [-0.05, 0) is 25.1 Å². The van der Waals surface area contributed by atoms with Crippen molar-refractivity contribution in [3.63, 3.8) is 0 Å². The lowest BCUT2D eigenvalue weighted by Crippen LogP contribution is -2.50. The molecular formula is C23H28ClN3O4S. The van der Waals surface area contributed by atoms with Crippen molar-refractivity contribution in [3.8, 4) is 5.75 Å². The molecule has 172 valence electrons. The first-order chi connectivity index (χ1) is 15.5. The van der Waals surface area contributed by atoms with Crippen LogP contribution in [0.25, 0.3) is 0 Å². The Labute approximate surface area is 197 Å². The summed E-state index contributed by atoms with van der Waals surface area (Å²) in [5, 5.41) is 3.49. The van der Waals surface area contributed by atoms with Crippen LogP contribution in [0.5, 0.6) is 5.75 Å². The third-order valence-corrected chi connectivity index (χ3v) is 6.96. The van der Waals surface area contributed by atoms with E-state index in [2.05, 4.69) is 4.98 Å². The predicted octanol–water partition coefficient (Wildman–Crippen LogP) is 3.19. The number of rotatable bonds is 6. The van der Waals surface area contributed by atoms with E-state index in [1.54, 1.807) is 23.5 Å². The minimum atomic E-state index is -0.163. The fourth-order valence-electron chi connectivity index (χ4n) is 4.23. The van der Waals surface area contributed by atoms with E-state index in [1.807, 2.05) is 34.2 Å². The summed E-state index contributed by atoms with van der Waals surface area (Å²) in [7, 11) is 0. The summed E-state index contributed by atoms with van der Waals surface area (Å²) in [6, 6.07) is 7.30. The van der Waals surface area contributed by atoms with E-state index >= 15 is 0 Å². The number of aromatic nitrogens is 1. The van der Waals surface area contributed by atoms with Crippen LogP contribution in [0.2, 0.25) is 5.02 Å². The van der Waals surface area contributed by atoms with Crippen molar-refractivity contribution in [1.82, 2.24) is 14.8 Å². The van der Waals surface area contributed by atoms with Crippen LogP contribution in [0.4, 0.5) is 0 Å². The first-order valence-electron chi connectivity index (χ1n) is 10.9. The summed E-state index contributed by atoms with van der Waals surface area (Å²) >= 11 is 7.67. The van der Waals surface area contributed by atoms with Gasteiger partial charge in [0.2, 0.25) is 11.8 Å². The van der Waals surface area contributed by atoms with Gasteiger partial charge in [0, 0.05) is 55.3 Å². The maximum atomic E-state index is 13.0. The van der Waals surface area contributed by atoms with E-state index in [0.29, 0.717) is 63.0 Å². The number of nitrogens with zero attached hydrogens (tertiary/aromatic N) is 3. The molecular weight excluding hydrogens is 450 g/mol. The Morgan fingerprint density at radius 2 is 2.03 bits per heavy atom. The Morgan fingerprint density at radius 1 is 1.22 bits per heavy atom. The normalized spacial score (nSPS) is 21.4. The van der Waals surface area contributed by atoms with Gasteiger partial charge in [-0.1, -0.05) is 17.7 Å². The zero-order valence-electron chi connectivity index (χ0n) is 18.2. The second-order valence-corrected chi connectivity index (χ2v) is 9.73. The van der Waals surface area contributed by atoms with Crippen LogP contribution >= 0.6 is 22.9 Å². The monoisotopic (exact) mass is 477 g/mol. The summed E-state index contributed by atoms with van der Waals surface area (Å²) in [6.45, 7) is 5.37. The molecule has 1 aromatic heterocycles. The quantitative estimate of drug-likeness (QED) is 0.639. The Bertz CT molecular complexity index is 947. The molecule has 2 aromatic rings. The Morgan fingerprint density at radius 3 is 2.75 bits per heavy atom. The lowest BCUT2D eigenvalue weighted by molar-refractivity contribution is -0.141. The number of thiazole rings is 1. The fraction of sp³-hybridized carbons (Fsp3) is 0.522. The third kappa shape index (κ3) is 5.99. The van der Waals surface area contributed by atoms with Crippen molar-refractivity contribution in [1.29, 1.82) is 0 Å². The number of likely N-dealkylation sites (tertiary alicyclic amines) is 1. The molecule has 32 heavy (non-hydrogen) atoms. The molecule has 4 rings (SSSR count). The van der Waals surface area contributed by atoms with E-state index in [-0.39, 0.29) is 30.3 Å². The van der Waals surface area contributed by atoms with Crippen molar-refractivity contribution in [3.05, 3.63) is 45.4 Å². The SMILES string of the molecule is Cc1nc(CC(=O)N2CC[C@H](Oc3cccc(Cl)c3)[C@@H](CC(=O)N3CCOCC3)C2)cs1. The number of carbonyl (C=O) groups excluding carboxylic acids is 2. The summed E-state index contributed by atoms with van der Waals surface area (Å²) in [6.07, 6.45) is 1.12. The van der Waals surface area contributed by atoms with Crippen LogP contribution in [-0.4, -0.2) is 72.1 Å². The standard InChI is InChI=1S/C23H28ClN3O4S/c1-16-25-19(15-32-16)13-23(29)27-6-5-21(31-20-4-2-3-18(24)12-20)17(14-27)11-22(28)26-7-9-30-10-8-26/h2-4,12,15,17,21H,5-11,13-14H2,1H3/t17-,21-/m0/s1. The zero-order chi connectivity index (χ0) is 22.5. The summed E-state index contributed by atoms with van der Waals surface area (Å²) in [5.74, 6) is 0.714. The highest BCUT2D eigenvalue weighted by atomic mass is 35.5. The molecule has 2 aliphatic heterocycles. The first-order valence-corrected chi connectivity index (χ1v) is 12.2. The highest BCUT2D eigenvalue weighted by molar-refractivity contribution is 7.09. The van der Waals surface area contributed by atoms with Crippen molar-refractivity contribution in [2.24, 2.45) is 5.92 Å². The van der Waals surface area contributed by atoms with E-state index in [9.17, 15) is 9.59 Å². The van der Waals surface area contributed by atoms with Crippen molar-refractivity contribution in [2.75, 3.05) is 39.4 Å². The molecule has 1 aromatic carbocycles. The highest BCUT2D eigenvalue weighted by Crippen LogP contribution is 2.28. The van der Waals surface area contributed by atoms with Gasteiger partial charge in [0.05, 0.1) is 30.3 Å². The number of carbonyl (C=O) groups is 2. The largest absolute Gasteiger partial charge is 0.490 e.